The summed E-state index contributed by atoms with van der Waals surface area (Å²) in [4.78, 5) is 4.05. The third-order valence-electron chi connectivity index (χ3n) is 3.34. The van der Waals surface area contributed by atoms with Gasteiger partial charge in [-0.15, -0.1) is 0 Å². The summed E-state index contributed by atoms with van der Waals surface area (Å²) in [6, 6.07) is 8.54. The molecule has 0 radical (unpaired) electrons. The number of halogens is 1. The molecule has 1 aliphatic heterocycles. The second-order valence-corrected chi connectivity index (χ2v) is 4.80. The Hall–Kier alpha value is -1.54. The third-order valence-corrected chi connectivity index (χ3v) is 3.75. The van der Waals surface area contributed by atoms with Crippen LogP contribution >= 0.6 is 11.6 Å². The molecule has 86 valence electrons. The summed E-state index contributed by atoms with van der Waals surface area (Å²) in [5.74, 6) is 0. The average molecular weight is 245 g/mol. The van der Waals surface area contributed by atoms with Gasteiger partial charge in [0, 0.05) is 23.1 Å². The lowest BCUT2D eigenvalue weighted by Crippen LogP contribution is -2.05. The molecule has 3 rings (SSSR count). The van der Waals surface area contributed by atoms with Crippen LogP contribution in [-0.4, -0.2) is 4.98 Å². The van der Waals surface area contributed by atoms with Crippen LogP contribution in [0.25, 0.3) is 0 Å². The second-order valence-electron chi connectivity index (χ2n) is 4.39. The normalized spacial score (nSPS) is 17.6. The Morgan fingerprint density at radius 1 is 1.24 bits per heavy atom. The predicted octanol–water partition coefficient (Wildman–Crippen LogP) is 3.75. The van der Waals surface area contributed by atoms with Gasteiger partial charge in [0.15, 0.2) is 0 Å². The van der Waals surface area contributed by atoms with E-state index in [0.29, 0.717) is 6.04 Å². The van der Waals surface area contributed by atoms with Gasteiger partial charge in [-0.3, -0.25) is 4.98 Å². The lowest BCUT2D eigenvalue weighted by molar-refractivity contribution is 0.821. The van der Waals surface area contributed by atoms with Crippen LogP contribution in [0.4, 0.5) is 5.69 Å². The molecule has 1 aliphatic rings. The minimum Gasteiger partial charge on any atom is -0.377 e. The zero-order valence-electron chi connectivity index (χ0n) is 9.57. The first-order chi connectivity index (χ1) is 8.25. The number of anilines is 1. The molecule has 1 unspecified atom stereocenters. The quantitative estimate of drug-likeness (QED) is 0.826. The number of benzene rings is 1. The number of pyridine rings is 1. The van der Waals surface area contributed by atoms with E-state index in [2.05, 4.69) is 35.4 Å². The zero-order valence-corrected chi connectivity index (χ0v) is 10.3. The van der Waals surface area contributed by atoms with E-state index in [4.69, 9.17) is 11.6 Å². The third kappa shape index (κ3) is 1.79. The highest BCUT2D eigenvalue weighted by Crippen LogP contribution is 2.38. The Morgan fingerprint density at radius 3 is 2.76 bits per heavy atom. The van der Waals surface area contributed by atoms with Crippen molar-refractivity contribution in [2.24, 2.45) is 0 Å². The van der Waals surface area contributed by atoms with Crippen molar-refractivity contribution in [3.05, 3.63) is 58.4 Å². The molecule has 1 aromatic carbocycles. The van der Waals surface area contributed by atoms with E-state index in [-0.39, 0.29) is 0 Å². The molecule has 0 fully saturated rings. The van der Waals surface area contributed by atoms with Crippen molar-refractivity contribution in [2.45, 2.75) is 19.4 Å². The highest BCUT2D eigenvalue weighted by atomic mass is 35.5. The van der Waals surface area contributed by atoms with Crippen molar-refractivity contribution in [2.75, 3.05) is 5.32 Å². The SMILES string of the molecule is Cc1c(Cl)ccc2c1NC(c1ccncc1)C2. The fraction of sp³-hybridized carbons (Fsp3) is 0.214. The van der Waals surface area contributed by atoms with E-state index in [1.165, 1.54) is 16.8 Å². The topological polar surface area (TPSA) is 24.9 Å². The lowest BCUT2D eigenvalue weighted by Gasteiger charge is -2.12. The fourth-order valence-corrected chi connectivity index (χ4v) is 2.51. The van der Waals surface area contributed by atoms with E-state index in [1.54, 1.807) is 0 Å². The summed E-state index contributed by atoms with van der Waals surface area (Å²) < 4.78 is 0. The minimum atomic E-state index is 0.338. The summed E-state index contributed by atoms with van der Waals surface area (Å²) in [6.45, 7) is 2.06. The predicted molar refractivity (Wildman–Crippen MR) is 70.5 cm³/mol. The van der Waals surface area contributed by atoms with Gasteiger partial charge in [-0.25, -0.2) is 0 Å². The highest BCUT2D eigenvalue weighted by molar-refractivity contribution is 6.31. The monoisotopic (exact) mass is 244 g/mol. The standard InChI is InChI=1S/C14H13ClN2/c1-9-12(15)3-2-11-8-13(17-14(9)11)10-4-6-16-7-5-10/h2-7,13,17H,8H2,1H3. The average Bonchev–Trinajstić information content (AvgIpc) is 2.80. The molecule has 2 aromatic rings. The summed E-state index contributed by atoms with van der Waals surface area (Å²) in [7, 11) is 0. The van der Waals surface area contributed by atoms with E-state index < -0.39 is 0 Å². The van der Waals surface area contributed by atoms with E-state index in [1.807, 2.05) is 18.5 Å². The van der Waals surface area contributed by atoms with Crippen LogP contribution in [0.3, 0.4) is 0 Å². The van der Waals surface area contributed by atoms with Gasteiger partial charge in [-0.05, 0) is 48.2 Å². The van der Waals surface area contributed by atoms with Crippen LogP contribution in [0.5, 0.6) is 0 Å². The van der Waals surface area contributed by atoms with Gasteiger partial charge in [0.2, 0.25) is 0 Å². The molecule has 2 heterocycles. The van der Waals surface area contributed by atoms with Crippen LogP contribution in [0.2, 0.25) is 5.02 Å². The summed E-state index contributed by atoms with van der Waals surface area (Å²) in [5, 5.41) is 4.37. The molecule has 2 nitrogen and oxygen atoms in total. The summed E-state index contributed by atoms with van der Waals surface area (Å²) in [5.41, 5.74) is 4.94. The van der Waals surface area contributed by atoms with E-state index in [9.17, 15) is 0 Å². The number of nitrogens with zero attached hydrogens (tertiary/aromatic N) is 1. The molecule has 0 aliphatic carbocycles. The van der Waals surface area contributed by atoms with Crippen LogP contribution in [0, 0.1) is 6.92 Å². The first-order valence-electron chi connectivity index (χ1n) is 5.70. The van der Waals surface area contributed by atoms with Gasteiger partial charge in [0.05, 0.1) is 6.04 Å². The molecule has 0 bridgehead atoms. The zero-order chi connectivity index (χ0) is 11.8. The van der Waals surface area contributed by atoms with Crippen LogP contribution in [0.1, 0.15) is 22.7 Å². The molecular formula is C14H13ClN2. The maximum absolute atomic E-state index is 6.14. The van der Waals surface area contributed by atoms with E-state index in [0.717, 1.165) is 17.0 Å². The van der Waals surface area contributed by atoms with Gasteiger partial charge < -0.3 is 5.32 Å². The number of rotatable bonds is 1. The largest absolute Gasteiger partial charge is 0.377 e. The van der Waals surface area contributed by atoms with Crippen molar-refractivity contribution in [3.8, 4) is 0 Å². The van der Waals surface area contributed by atoms with Gasteiger partial charge in [0.25, 0.3) is 0 Å². The molecule has 1 aromatic heterocycles. The molecule has 3 heteroatoms. The van der Waals surface area contributed by atoms with Gasteiger partial charge in [0.1, 0.15) is 0 Å². The van der Waals surface area contributed by atoms with Crippen LogP contribution in [-0.2, 0) is 6.42 Å². The number of fused-ring (bicyclic) bond motifs is 1. The highest BCUT2D eigenvalue weighted by Gasteiger charge is 2.23. The first kappa shape index (κ1) is 10.6. The maximum Gasteiger partial charge on any atom is 0.0556 e. The van der Waals surface area contributed by atoms with Crippen molar-refractivity contribution < 1.29 is 0 Å². The minimum absolute atomic E-state index is 0.338. The Labute approximate surface area is 106 Å². The smallest absolute Gasteiger partial charge is 0.0556 e. The number of nitrogens with one attached hydrogen (secondary N) is 1. The Morgan fingerprint density at radius 2 is 2.00 bits per heavy atom. The van der Waals surface area contributed by atoms with Crippen molar-refractivity contribution in [1.82, 2.24) is 4.98 Å². The molecule has 1 atom stereocenters. The first-order valence-corrected chi connectivity index (χ1v) is 6.08. The van der Waals surface area contributed by atoms with Gasteiger partial charge in [-0.2, -0.15) is 0 Å². The number of aromatic nitrogens is 1. The molecule has 0 amide bonds. The number of hydrogen-bond donors (Lipinski definition) is 1. The fourth-order valence-electron chi connectivity index (χ4n) is 2.36. The van der Waals surface area contributed by atoms with Crippen LogP contribution in [0.15, 0.2) is 36.7 Å². The Bertz CT molecular complexity index is 552. The van der Waals surface area contributed by atoms with Crippen molar-refractivity contribution in [1.29, 1.82) is 0 Å². The number of hydrogen-bond acceptors (Lipinski definition) is 2. The molecule has 0 spiro atoms. The Kier molecular flexibility index (Phi) is 2.52. The van der Waals surface area contributed by atoms with Crippen molar-refractivity contribution in [3.63, 3.8) is 0 Å². The summed E-state index contributed by atoms with van der Waals surface area (Å²) >= 11 is 6.14. The maximum atomic E-state index is 6.14. The molecule has 0 saturated heterocycles. The van der Waals surface area contributed by atoms with Gasteiger partial charge >= 0.3 is 0 Å². The molecule has 1 N–H and O–H groups in total. The second kappa shape index (κ2) is 4.04. The molecule has 0 saturated carbocycles. The molecule has 17 heavy (non-hydrogen) atoms. The Balaban J connectivity index is 1.96. The van der Waals surface area contributed by atoms with Gasteiger partial charge in [-0.1, -0.05) is 17.7 Å². The molecular weight excluding hydrogens is 232 g/mol. The van der Waals surface area contributed by atoms with E-state index >= 15 is 0 Å². The lowest BCUT2D eigenvalue weighted by atomic mass is 10.0. The van der Waals surface area contributed by atoms with Crippen molar-refractivity contribution >= 4 is 17.3 Å². The summed E-state index contributed by atoms with van der Waals surface area (Å²) in [6.07, 6.45) is 4.68. The van der Waals surface area contributed by atoms with Crippen LogP contribution < -0.4 is 5.32 Å².